The lowest BCUT2D eigenvalue weighted by Gasteiger charge is -2.52. The van der Waals surface area contributed by atoms with Gasteiger partial charge < -0.3 is 20.1 Å². The Bertz CT molecular complexity index is 1020. The third-order valence-corrected chi connectivity index (χ3v) is 7.28. The molecule has 0 aliphatic carbocycles. The van der Waals surface area contributed by atoms with Gasteiger partial charge in [0.2, 0.25) is 11.8 Å². The molecule has 2 aliphatic heterocycles. The fourth-order valence-electron chi connectivity index (χ4n) is 5.27. The van der Waals surface area contributed by atoms with Crippen molar-refractivity contribution in [3.63, 3.8) is 0 Å². The molecule has 2 aromatic rings. The van der Waals surface area contributed by atoms with Gasteiger partial charge in [0.05, 0.1) is 6.10 Å². The summed E-state index contributed by atoms with van der Waals surface area (Å²) in [5.74, 6) is 1.86. The Morgan fingerprint density at radius 2 is 1.62 bits per heavy atom. The summed E-state index contributed by atoms with van der Waals surface area (Å²) in [6.45, 7) is 8.48. The molecule has 202 valence electrons. The number of aliphatic hydroxyl groups is 1. The molecule has 2 aromatic carbocycles. The van der Waals surface area contributed by atoms with Crippen molar-refractivity contribution in [2.75, 3.05) is 19.6 Å². The summed E-state index contributed by atoms with van der Waals surface area (Å²) >= 11 is 0. The molecule has 0 aromatic heterocycles. The highest BCUT2D eigenvalue weighted by Gasteiger charge is 2.53. The lowest BCUT2D eigenvalue weighted by Crippen LogP contribution is -2.73. The second-order valence-corrected chi connectivity index (χ2v) is 10.6. The van der Waals surface area contributed by atoms with E-state index in [4.69, 9.17) is 4.74 Å². The minimum Gasteiger partial charge on any atom is -0.457 e. The Hall–Kier alpha value is -2.61. The van der Waals surface area contributed by atoms with E-state index in [1.807, 2.05) is 42.5 Å². The number of carbonyl (C=O) groups is 2. The average Bonchev–Trinajstić information content (AvgIpc) is 2.85. The summed E-state index contributed by atoms with van der Waals surface area (Å²) in [7, 11) is 0. The van der Waals surface area contributed by atoms with Crippen LogP contribution >= 0.6 is 12.4 Å². The fraction of sp³-hybridized carbons (Fsp3) is 0.517. The molecular formula is C29H40ClN3O4. The van der Waals surface area contributed by atoms with E-state index >= 15 is 0 Å². The van der Waals surface area contributed by atoms with E-state index < -0.39 is 17.7 Å². The van der Waals surface area contributed by atoms with E-state index in [2.05, 4.69) is 36.2 Å². The van der Waals surface area contributed by atoms with Crippen LogP contribution in [0.1, 0.15) is 52.0 Å². The maximum Gasteiger partial charge on any atom is 0.246 e. The van der Waals surface area contributed by atoms with Crippen LogP contribution in [0.5, 0.6) is 11.5 Å². The number of rotatable bonds is 9. The van der Waals surface area contributed by atoms with Gasteiger partial charge in [-0.05, 0) is 68.4 Å². The number of piperazine rings is 1. The predicted molar refractivity (Wildman–Crippen MR) is 147 cm³/mol. The molecule has 2 N–H and O–H groups in total. The maximum absolute atomic E-state index is 13.4. The standard InChI is InChI=1S/C29H39N3O4.ClH/c1-21(2)19-26-27(34)32(16-13-22(3)33)29(28(35)30-26)14-17-31(18-15-29)20-23-9-11-25(12-10-23)36-24-7-5-4-6-8-24;/h4-12,21-22,26,33H,13-20H2,1-3H3,(H,30,35);1H. The Labute approximate surface area is 226 Å². The van der Waals surface area contributed by atoms with Crippen LogP contribution < -0.4 is 10.1 Å². The Balaban J connectivity index is 0.00000380. The maximum atomic E-state index is 13.4. The average molecular weight is 530 g/mol. The number of amides is 2. The highest BCUT2D eigenvalue weighted by molar-refractivity contribution is 6.00. The molecule has 0 saturated carbocycles. The van der Waals surface area contributed by atoms with Crippen molar-refractivity contribution in [3.05, 3.63) is 60.2 Å². The largest absolute Gasteiger partial charge is 0.457 e. The SMILES string of the molecule is CC(C)CC1NC(=O)C2(CCN(Cc3ccc(Oc4ccccc4)cc3)CC2)N(CCC(C)O)C1=O.Cl. The van der Waals surface area contributed by atoms with Crippen molar-refractivity contribution in [2.24, 2.45) is 5.92 Å². The van der Waals surface area contributed by atoms with Gasteiger partial charge >= 0.3 is 0 Å². The van der Waals surface area contributed by atoms with Crippen LogP contribution in [0.3, 0.4) is 0 Å². The van der Waals surface area contributed by atoms with E-state index in [-0.39, 0.29) is 24.2 Å². The molecule has 37 heavy (non-hydrogen) atoms. The zero-order chi connectivity index (χ0) is 25.7. The number of nitrogens with one attached hydrogen (secondary N) is 1. The molecule has 2 amide bonds. The number of likely N-dealkylation sites (tertiary alicyclic amines) is 1. The van der Waals surface area contributed by atoms with Gasteiger partial charge in [-0.15, -0.1) is 12.4 Å². The van der Waals surface area contributed by atoms with Gasteiger partial charge in [0, 0.05) is 26.2 Å². The molecule has 0 bridgehead atoms. The van der Waals surface area contributed by atoms with Crippen molar-refractivity contribution < 1.29 is 19.4 Å². The molecule has 2 saturated heterocycles. The van der Waals surface area contributed by atoms with Crippen molar-refractivity contribution in [1.29, 1.82) is 0 Å². The molecule has 8 heteroatoms. The summed E-state index contributed by atoms with van der Waals surface area (Å²) in [6.07, 6.45) is 1.76. The predicted octanol–water partition coefficient (Wildman–Crippen LogP) is 4.38. The molecule has 2 heterocycles. The van der Waals surface area contributed by atoms with Gasteiger partial charge in [0.1, 0.15) is 23.1 Å². The number of hydrogen-bond acceptors (Lipinski definition) is 5. The third kappa shape index (κ3) is 7.03. The van der Waals surface area contributed by atoms with Crippen LogP contribution in [0.15, 0.2) is 54.6 Å². The van der Waals surface area contributed by atoms with E-state index in [0.29, 0.717) is 38.1 Å². The van der Waals surface area contributed by atoms with Crippen molar-refractivity contribution in [2.45, 2.75) is 70.7 Å². The number of hydrogen-bond donors (Lipinski definition) is 2. The highest BCUT2D eigenvalue weighted by atomic mass is 35.5. The number of ether oxygens (including phenoxy) is 1. The van der Waals surface area contributed by atoms with Crippen LogP contribution in [0.4, 0.5) is 0 Å². The van der Waals surface area contributed by atoms with Gasteiger partial charge in [-0.2, -0.15) is 0 Å². The second kappa shape index (κ2) is 12.8. The van der Waals surface area contributed by atoms with E-state index in [9.17, 15) is 14.7 Å². The summed E-state index contributed by atoms with van der Waals surface area (Å²) in [5, 5.41) is 12.9. The number of para-hydroxylation sites is 1. The van der Waals surface area contributed by atoms with E-state index in [1.165, 1.54) is 5.56 Å². The smallest absolute Gasteiger partial charge is 0.246 e. The van der Waals surface area contributed by atoms with Crippen molar-refractivity contribution >= 4 is 24.2 Å². The monoisotopic (exact) mass is 529 g/mol. The number of aliphatic hydroxyl groups excluding tert-OH is 1. The van der Waals surface area contributed by atoms with Gasteiger partial charge in [-0.25, -0.2) is 0 Å². The minimum atomic E-state index is -0.830. The molecule has 7 nitrogen and oxygen atoms in total. The van der Waals surface area contributed by atoms with Crippen LogP contribution in [-0.2, 0) is 16.1 Å². The molecule has 2 unspecified atom stereocenters. The number of benzene rings is 2. The fourth-order valence-corrected chi connectivity index (χ4v) is 5.27. The second-order valence-electron chi connectivity index (χ2n) is 10.6. The van der Waals surface area contributed by atoms with Gasteiger partial charge in [0.25, 0.3) is 0 Å². The third-order valence-electron chi connectivity index (χ3n) is 7.28. The summed E-state index contributed by atoms with van der Waals surface area (Å²) in [6, 6.07) is 17.3. The first kappa shape index (κ1) is 29.0. The first-order valence-corrected chi connectivity index (χ1v) is 13.1. The normalized spacial score (nSPS) is 20.5. The lowest BCUT2D eigenvalue weighted by atomic mass is 9.80. The number of piperidine rings is 1. The van der Waals surface area contributed by atoms with Gasteiger partial charge in [-0.3, -0.25) is 14.5 Å². The van der Waals surface area contributed by atoms with Crippen molar-refractivity contribution in [3.8, 4) is 11.5 Å². The van der Waals surface area contributed by atoms with Crippen LogP contribution in [0.25, 0.3) is 0 Å². The molecule has 2 aliphatic rings. The summed E-state index contributed by atoms with van der Waals surface area (Å²) < 4.78 is 5.89. The summed E-state index contributed by atoms with van der Waals surface area (Å²) in [5.41, 5.74) is 0.349. The molecule has 2 fully saturated rings. The molecule has 1 spiro atoms. The van der Waals surface area contributed by atoms with Crippen LogP contribution in [0, 0.1) is 5.92 Å². The van der Waals surface area contributed by atoms with Crippen molar-refractivity contribution in [1.82, 2.24) is 15.1 Å². The molecule has 4 rings (SSSR count). The van der Waals surface area contributed by atoms with E-state index in [1.54, 1.807) is 11.8 Å². The van der Waals surface area contributed by atoms with Crippen LogP contribution in [-0.4, -0.2) is 64.0 Å². The number of nitrogens with zero attached hydrogens (tertiary/aromatic N) is 2. The topological polar surface area (TPSA) is 82.1 Å². The van der Waals surface area contributed by atoms with E-state index in [0.717, 1.165) is 31.1 Å². The Morgan fingerprint density at radius 1 is 1.00 bits per heavy atom. The lowest BCUT2D eigenvalue weighted by molar-refractivity contribution is -0.162. The minimum absolute atomic E-state index is 0. The number of halogens is 1. The highest BCUT2D eigenvalue weighted by Crippen LogP contribution is 2.35. The van der Waals surface area contributed by atoms with Crippen LogP contribution in [0.2, 0.25) is 0 Å². The molecule has 0 radical (unpaired) electrons. The summed E-state index contributed by atoms with van der Waals surface area (Å²) in [4.78, 5) is 31.0. The Kier molecular flexibility index (Phi) is 9.99. The first-order valence-electron chi connectivity index (χ1n) is 13.1. The molecular weight excluding hydrogens is 490 g/mol. The zero-order valence-electron chi connectivity index (χ0n) is 22.1. The Morgan fingerprint density at radius 3 is 2.22 bits per heavy atom. The number of carbonyl (C=O) groups excluding carboxylic acids is 2. The molecule has 2 atom stereocenters. The van der Waals surface area contributed by atoms with Gasteiger partial charge in [0.15, 0.2) is 0 Å². The first-order chi connectivity index (χ1) is 17.3. The zero-order valence-corrected chi connectivity index (χ0v) is 22.9. The quantitative estimate of drug-likeness (QED) is 0.504. The van der Waals surface area contributed by atoms with Gasteiger partial charge in [-0.1, -0.05) is 44.2 Å².